The highest BCUT2D eigenvalue weighted by Gasteiger charge is 2.13. The van der Waals surface area contributed by atoms with E-state index in [0.717, 1.165) is 0 Å². The summed E-state index contributed by atoms with van der Waals surface area (Å²) in [7, 11) is 0. The third kappa shape index (κ3) is 16.3. The van der Waals surface area contributed by atoms with Crippen molar-refractivity contribution in [3.05, 3.63) is 0 Å². The lowest BCUT2D eigenvalue weighted by atomic mass is 10.2. The topological polar surface area (TPSA) is 173 Å². The Morgan fingerprint density at radius 3 is 1.94 bits per heavy atom. The number of hydrogen-bond acceptors (Lipinski definition) is 5. The molecule has 1 atom stereocenters. The van der Waals surface area contributed by atoms with E-state index in [-0.39, 0.29) is 25.3 Å². The number of hydrogen-bond donors (Lipinski definition) is 5. The van der Waals surface area contributed by atoms with Crippen molar-refractivity contribution < 1.29 is 29.4 Å². The van der Waals surface area contributed by atoms with Gasteiger partial charge in [0.25, 0.3) is 0 Å². The molecular formula is C9H17N3O6. The maximum absolute atomic E-state index is 10.1. The van der Waals surface area contributed by atoms with Crippen LogP contribution in [0.4, 0.5) is 0 Å². The minimum atomic E-state index is -1.21. The molecule has 18 heavy (non-hydrogen) atoms. The smallest absolute Gasteiger partial charge is 0.321 e. The van der Waals surface area contributed by atoms with Crippen LogP contribution >= 0.6 is 0 Å². The average Bonchev–Trinajstić information content (AvgIpc) is 2.15. The highest BCUT2D eigenvalue weighted by molar-refractivity contribution is 5.83. The molecule has 0 aliphatic heterocycles. The summed E-state index contributed by atoms with van der Waals surface area (Å²) in [4.78, 5) is 39.8. The Balaban J connectivity index is 0. The molecule has 0 aromatic carbocycles. The standard InChI is InChI=1S/C5H9NO3.C4H8N2O3/c1-4(7)6-3-2-5(8)9;5-2(4(8)9)1-3(6)7/h2-3H2,1H3,(H,6,7)(H,8,9);2H,1,5H2,(H2,6,7)(H,8,9). The number of nitrogens with one attached hydrogen (secondary N) is 1. The predicted octanol–water partition coefficient (Wildman–Crippen LogP) is -2.13. The zero-order valence-electron chi connectivity index (χ0n) is 9.88. The van der Waals surface area contributed by atoms with Gasteiger partial charge in [0.05, 0.1) is 12.8 Å². The van der Waals surface area contributed by atoms with E-state index in [1.54, 1.807) is 0 Å². The molecule has 9 nitrogen and oxygen atoms in total. The van der Waals surface area contributed by atoms with Crippen molar-refractivity contribution in [3.8, 4) is 0 Å². The third-order valence-electron chi connectivity index (χ3n) is 1.45. The van der Waals surface area contributed by atoms with Crippen LogP contribution < -0.4 is 16.8 Å². The van der Waals surface area contributed by atoms with Gasteiger partial charge in [0.1, 0.15) is 6.04 Å². The van der Waals surface area contributed by atoms with Crippen LogP contribution in [0.5, 0.6) is 0 Å². The van der Waals surface area contributed by atoms with Gasteiger partial charge in [-0.15, -0.1) is 0 Å². The van der Waals surface area contributed by atoms with Crippen LogP contribution in [0.25, 0.3) is 0 Å². The minimum absolute atomic E-state index is 0.0143. The second kappa shape index (κ2) is 10.0. The van der Waals surface area contributed by atoms with E-state index < -0.39 is 23.9 Å². The predicted molar refractivity (Wildman–Crippen MR) is 60.4 cm³/mol. The van der Waals surface area contributed by atoms with Gasteiger partial charge >= 0.3 is 11.9 Å². The second-order valence-electron chi connectivity index (χ2n) is 3.24. The molecule has 0 bridgehead atoms. The summed E-state index contributed by atoms with van der Waals surface area (Å²) in [6.45, 7) is 1.56. The number of amides is 2. The van der Waals surface area contributed by atoms with Gasteiger partial charge in [0.2, 0.25) is 11.8 Å². The van der Waals surface area contributed by atoms with Crippen LogP contribution in [0, 0.1) is 0 Å². The van der Waals surface area contributed by atoms with Crippen LogP contribution in [-0.4, -0.2) is 46.6 Å². The molecule has 0 radical (unpaired) electrons. The van der Waals surface area contributed by atoms with Crippen LogP contribution in [0.2, 0.25) is 0 Å². The molecule has 0 aliphatic carbocycles. The Hall–Kier alpha value is -2.16. The van der Waals surface area contributed by atoms with E-state index in [1.165, 1.54) is 6.92 Å². The molecule has 0 aromatic rings. The van der Waals surface area contributed by atoms with Crippen molar-refractivity contribution in [3.63, 3.8) is 0 Å². The monoisotopic (exact) mass is 263 g/mol. The third-order valence-corrected chi connectivity index (χ3v) is 1.45. The van der Waals surface area contributed by atoms with Crippen LogP contribution in [-0.2, 0) is 19.2 Å². The van der Waals surface area contributed by atoms with Gasteiger partial charge in [0.15, 0.2) is 0 Å². The fraction of sp³-hybridized carbons (Fsp3) is 0.556. The Morgan fingerprint density at radius 2 is 1.72 bits per heavy atom. The zero-order valence-corrected chi connectivity index (χ0v) is 9.88. The molecule has 9 heteroatoms. The highest BCUT2D eigenvalue weighted by atomic mass is 16.4. The largest absolute Gasteiger partial charge is 0.481 e. The lowest BCUT2D eigenvalue weighted by molar-refractivity contribution is -0.140. The molecule has 0 saturated carbocycles. The van der Waals surface area contributed by atoms with Gasteiger partial charge in [-0.2, -0.15) is 0 Å². The van der Waals surface area contributed by atoms with E-state index in [0.29, 0.717) is 0 Å². The van der Waals surface area contributed by atoms with Crippen molar-refractivity contribution in [2.24, 2.45) is 11.5 Å². The van der Waals surface area contributed by atoms with Gasteiger partial charge in [-0.3, -0.25) is 19.2 Å². The molecule has 0 rings (SSSR count). The number of carboxylic acid groups (broad SMARTS) is 2. The zero-order chi connectivity index (χ0) is 14.7. The van der Waals surface area contributed by atoms with Crippen molar-refractivity contribution in [2.45, 2.75) is 25.8 Å². The molecule has 0 fully saturated rings. The molecule has 1 unspecified atom stereocenters. The average molecular weight is 263 g/mol. The first-order chi connectivity index (χ1) is 8.16. The summed E-state index contributed by atoms with van der Waals surface area (Å²) in [6.07, 6.45) is -0.324. The van der Waals surface area contributed by atoms with E-state index in [1.807, 2.05) is 0 Å². The summed E-state index contributed by atoms with van der Waals surface area (Å²) in [5, 5.41) is 18.5. The molecular weight excluding hydrogens is 246 g/mol. The first-order valence-corrected chi connectivity index (χ1v) is 4.89. The molecule has 2 amide bonds. The normalized spacial score (nSPS) is 10.6. The lowest BCUT2D eigenvalue weighted by Crippen LogP contribution is -2.34. The fourth-order valence-corrected chi connectivity index (χ4v) is 0.650. The summed E-state index contributed by atoms with van der Waals surface area (Å²) >= 11 is 0. The molecule has 7 N–H and O–H groups in total. The first-order valence-electron chi connectivity index (χ1n) is 4.89. The maximum Gasteiger partial charge on any atom is 0.321 e. The minimum Gasteiger partial charge on any atom is -0.481 e. The number of carbonyl (C=O) groups is 4. The molecule has 0 spiro atoms. The van der Waals surface area contributed by atoms with Crippen molar-refractivity contribution >= 4 is 23.8 Å². The summed E-state index contributed by atoms with van der Waals surface area (Å²) in [5.74, 6) is -3.02. The van der Waals surface area contributed by atoms with Gasteiger partial charge in [-0.25, -0.2) is 0 Å². The second-order valence-corrected chi connectivity index (χ2v) is 3.24. The van der Waals surface area contributed by atoms with Crippen LogP contribution in [0.3, 0.4) is 0 Å². The number of carbonyl (C=O) groups excluding carboxylic acids is 2. The van der Waals surface area contributed by atoms with E-state index >= 15 is 0 Å². The van der Waals surface area contributed by atoms with Crippen LogP contribution in [0.15, 0.2) is 0 Å². The van der Waals surface area contributed by atoms with Gasteiger partial charge < -0.3 is 27.0 Å². The number of rotatable bonds is 6. The maximum atomic E-state index is 10.1. The molecule has 104 valence electrons. The SMILES string of the molecule is CC(=O)NCCC(=O)O.NC(=O)CC(N)C(=O)O. The van der Waals surface area contributed by atoms with Gasteiger partial charge in [-0.05, 0) is 0 Å². The van der Waals surface area contributed by atoms with Gasteiger partial charge in [0, 0.05) is 13.5 Å². The number of nitrogens with two attached hydrogens (primary N) is 2. The molecule has 0 saturated heterocycles. The van der Waals surface area contributed by atoms with Gasteiger partial charge in [-0.1, -0.05) is 0 Å². The molecule has 0 heterocycles. The Morgan fingerprint density at radius 1 is 1.22 bits per heavy atom. The fourth-order valence-electron chi connectivity index (χ4n) is 0.650. The number of aliphatic carboxylic acids is 2. The lowest BCUT2D eigenvalue weighted by Gasteiger charge is -1.99. The van der Waals surface area contributed by atoms with Crippen molar-refractivity contribution in [1.29, 1.82) is 0 Å². The van der Waals surface area contributed by atoms with Crippen molar-refractivity contribution in [1.82, 2.24) is 5.32 Å². The number of primary amides is 1. The molecule has 0 aromatic heterocycles. The summed E-state index contributed by atoms with van der Waals surface area (Å²) in [6, 6.07) is -1.16. The highest BCUT2D eigenvalue weighted by Crippen LogP contribution is 1.84. The van der Waals surface area contributed by atoms with Crippen LogP contribution in [0.1, 0.15) is 19.8 Å². The Bertz CT molecular complexity index is 303. The number of carboxylic acids is 2. The summed E-state index contributed by atoms with van der Waals surface area (Å²) in [5.41, 5.74) is 9.57. The molecule has 0 aliphatic rings. The van der Waals surface area contributed by atoms with E-state index in [2.05, 4.69) is 11.1 Å². The Labute approximate surface area is 103 Å². The van der Waals surface area contributed by atoms with E-state index in [4.69, 9.17) is 15.9 Å². The van der Waals surface area contributed by atoms with Crippen molar-refractivity contribution in [2.75, 3.05) is 6.54 Å². The quantitative estimate of drug-likeness (QED) is 0.364. The summed E-state index contributed by atoms with van der Waals surface area (Å²) < 4.78 is 0. The first kappa shape index (κ1) is 18.2. The Kier molecular flexibility index (Phi) is 10.1. The van der Waals surface area contributed by atoms with E-state index in [9.17, 15) is 19.2 Å².